The Morgan fingerprint density at radius 1 is 1.05 bits per heavy atom. The maximum Gasteiger partial charge on any atom is 0.269 e. The maximum absolute atomic E-state index is 6.29. The zero-order chi connectivity index (χ0) is 15.5. The van der Waals surface area contributed by atoms with Gasteiger partial charge in [0.05, 0.1) is 0 Å². The Bertz CT molecular complexity index is 819. The number of nitrogens with zero attached hydrogens (tertiary/aromatic N) is 2. The van der Waals surface area contributed by atoms with Gasteiger partial charge in [-0.15, -0.1) is 0 Å². The summed E-state index contributed by atoms with van der Waals surface area (Å²) in [6.45, 7) is 4.05. The van der Waals surface area contributed by atoms with Crippen LogP contribution >= 0.6 is 11.6 Å². The van der Waals surface area contributed by atoms with Crippen molar-refractivity contribution in [2.24, 2.45) is 0 Å². The second-order valence-corrected chi connectivity index (χ2v) is 5.55. The topological polar surface area (TPSA) is 38.9 Å². The largest absolute Gasteiger partial charge is 0.333 e. The standard InChI is InChI=1S/C18H15ClN2O/c1-12-7-9-14(10-8-12)11-16(19)18-20-17(21-22-18)15-6-4-3-5-13(15)2/h3-11H,1-2H3/b16-11-. The van der Waals surface area contributed by atoms with Crippen LogP contribution in [0, 0.1) is 13.8 Å². The van der Waals surface area contributed by atoms with Gasteiger partial charge in [-0.3, -0.25) is 0 Å². The number of rotatable bonds is 3. The first-order chi connectivity index (χ1) is 10.6. The quantitative estimate of drug-likeness (QED) is 0.676. The molecule has 3 nitrogen and oxygen atoms in total. The zero-order valence-electron chi connectivity index (χ0n) is 12.4. The lowest BCUT2D eigenvalue weighted by molar-refractivity contribution is 0.410. The molecule has 22 heavy (non-hydrogen) atoms. The smallest absolute Gasteiger partial charge is 0.269 e. The van der Waals surface area contributed by atoms with E-state index in [1.807, 2.05) is 68.5 Å². The normalized spacial score (nSPS) is 11.7. The molecule has 0 aliphatic carbocycles. The molecule has 3 aromatic rings. The highest BCUT2D eigenvalue weighted by atomic mass is 35.5. The van der Waals surface area contributed by atoms with Gasteiger partial charge >= 0.3 is 0 Å². The second-order valence-electron chi connectivity index (χ2n) is 5.14. The molecule has 0 spiro atoms. The van der Waals surface area contributed by atoms with Gasteiger partial charge in [0.1, 0.15) is 5.03 Å². The Labute approximate surface area is 134 Å². The predicted octanol–water partition coefficient (Wildman–Crippen LogP) is 5.09. The van der Waals surface area contributed by atoms with Crippen LogP contribution in [0.1, 0.15) is 22.6 Å². The van der Waals surface area contributed by atoms with Gasteiger partial charge in [-0.25, -0.2) is 0 Å². The summed E-state index contributed by atoms with van der Waals surface area (Å²) in [4.78, 5) is 4.38. The lowest BCUT2D eigenvalue weighted by atomic mass is 10.1. The van der Waals surface area contributed by atoms with Gasteiger partial charge in [-0.05, 0) is 31.1 Å². The molecule has 1 aromatic heterocycles. The summed E-state index contributed by atoms with van der Waals surface area (Å²) in [6, 6.07) is 15.9. The summed E-state index contributed by atoms with van der Waals surface area (Å²) in [6.07, 6.45) is 1.82. The van der Waals surface area contributed by atoms with E-state index in [0.29, 0.717) is 16.7 Å². The molecule has 0 N–H and O–H groups in total. The third kappa shape index (κ3) is 3.10. The minimum atomic E-state index is 0.320. The zero-order valence-corrected chi connectivity index (χ0v) is 13.1. The van der Waals surface area contributed by atoms with Gasteiger partial charge < -0.3 is 4.52 Å². The molecule has 4 heteroatoms. The summed E-state index contributed by atoms with van der Waals surface area (Å²) in [5.41, 5.74) is 4.23. The van der Waals surface area contributed by atoms with Crippen LogP contribution in [0.4, 0.5) is 0 Å². The number of halogens is 1. The first-order valence-electron chi connectivity index (χ1n) is 6.97. The van der Waals surface area contributed by atoms with E-state index in [4.69, 9.17) is 16.1 Å². The number of aryl methyl sites for hydroxylation is 2. The molecule has 0 bridgehead atoms. The average Bonchev–Trinajstić information content (AvgIpc) is 3.00. The molecule has 3 rings (SSSR count). The Hall–Kier alpha value is -2.39. The highest BCUT2D eigenvalue weighted by molar-refractivity contribution is 6.50. The minimum Gasteiger partial charge on any atom is -0.333 e. The fraction of sp³-hybridized carbons (Fsp3) is 0.111. The van der Waals surface area contributed by atoms with Crippen molar-refractivity contribution < 1.29 is 4.52 Å². The van der Waals surface area contributed by atoms with Crippen LogP contribution in [0.5, 0.6) is 0 Å². The summed E-state index contributed by atoms with van der Waals surface area (Å²) < 4.78 is 5.27. The van der Waals surface area contributed by atoms with Gasteiger partial charge in [-0.1, -0.05) is 70.9 Å². The molecule has 0 unspecified atom stereocenters. The van der Waals surface area contributed by atoms with Crippen LogP contribution in [-0.4, -0.2) is 10.1 Å². The molecule has 1 heterocycles. The van der Waals surface area contributed by atoms with Crippen molar-refractivity contribution in [3.05, 3.63) is 71.1 Å². The second kappa shape index (κ2) is 6.16. The van der Waals surface area contributed by atoms with Crippen LogP contribution < -0.4 is 0 Å². The van der Waals surface area contributed by atoms with Crippen molar-refractivity contribution in [2.75, 3.05) is 0 Å². The fourth-order valence-corrected chi connectivity index (χ4v) is 2.33. The van der Waals surface area contributed by atoms with Gasteiger partial charge in [0.25, 0.3) is 5.89 Å². The van der Waals surface area contributed by atoms with Crippen LogP contribution in [0.15, 0.2) is 53.1 Å². The Balaban J connectivity index is 1.90. The Morgan fingerprint density at radius 3 is 2.50 bits per heavy atom. The summed E-state index contributed by atoms with van der Waals surface area (Å²) in [5, 5.41) is 4.44. The van der Waals surface area contributed by atoms with Crippen molar-refractivity contribution in [2.45, 2.75) is 13.8 Å². The molecular weight excluding hydrogens is 296 g/mol. The molecule has 110 valence electrons. The van der Waals surface area contributed by atoms with E-state index in [9.17, 15) is 0 Å². The lowest BCUT2D eigenvalue weighted by Gasteiger charge is -1.98. The summed E-state index contributed by atoms with van der Waals surface area (Å²) in [5.74, 6) is 0.865. The monoisotopic (exact) mass is 310 g/mol. The van der Waals surface area contributed by atoms with E-state index in [-0.39, 0.29) is 0 Å². The Morgan fingerprint density at radius 2 is 1.77 bits per heavy atom. The van der Waals surface area contributed by atoms with Crippen LogP contribution in [-0.2, 0) is 0 Å². The van der Waals surface area contributed by atoms with Crippen molar-refractivity contribution in [1.82, 2.24) is 10.1 Å². The number of hydrogen-bond donors (Lipinski definition) is 0. The third-order valence-corrected chi connectivity index (χ3v) is 3.66. The van der Waals surface area contributed by atoms with E-state index in [0.717, 1.165) is 16.7 Å². The third-order valence-electron chi connectivity index (χ3n) is 3.39. The van der Waals surface area contributed by atoms with E-state index in [2.05, 4.69) is 10.1 Å². The maximum atomic E-state index is 6.29. The molecule has 0 amide bonds. The summed E-state index contributed by atoms with van der Waals surface area (Å²) >= 11 is 6.29. The van der Waals surface area contributed by atoms with Crippen LogP contribution in [0.25, 0.3) is 22.5 Å². The molecule has 0 saturated heterocycles. The van der Waals surface area contributed by atoms with Crippen LogP contribution in [0.3, 0.4) is 0 Å². The molecule has 0 fully saturated rings. The van der Waals surface area contributed by atoms with Crippen molar-refractivity contribution >= 4 is 22.7 Å². The van der Waals surface area contributed by atoms with Crippen molar-refractivity contribution in [1.29, 1.82) is 0 Å². The van der Waals surface area contributed by atoms with E-state index >= 15 is 0 Å². The van der Waals surface area contributed by atoms with E-state index < -0.39 is 0 Å². The van der Waals surface area contributed by atoms with Crippen molar-refractivity contribution in [3.63, 3.8) is 0 Å². The summed E-state index contributed by atoms with van der Waals surface area (Å²) in [7, 11) is 0. The number of hydrogen-bond acceptors (Lipinski definition) is 3. The first-order valence-corrected chi connectivity index (χ1v) is 7.35. The minimum absolute atomic E-state index is 0.320. The Kier molecular flexibility index (Phi) is 4.07. The van der Waals surface area contributed by atoms with E-state index in [1.54, 1.807) is 0 Å². The van der Waals surface area contributed by atoms with Gasteiger partial charge in [0, 0.05) is 5.56 Å². The van der Waals surface area contributed by atoms with Gasteiger partial charge in [0.2, 0.25) is 5.82 Å². The molecule has 0 radical (unpaired) electrons. The van der Waals surface area contributed by atoms with E-state index in [1.165, 1.54) is 5.56 Å². The highest BCUT2D eigenvalue weighted by Crippen LogP contribution is 2.25. The molecule has 0 aliphatic rings. The lowest BCUT2D eigenvalue weighted by Crippen LogP contribution is -1.85. The van der Waals surface area contributed by atoms with Gasteiger partial charge in [-0.2, -0.15) is 4.98 Å². The number of aromatic nitrogens is 2. The average molecular weight is 311 g/mol. The molecular formula is C18H15ClN2O. The predicted molar refractivity (Wildman–Crippen MR) is 89.4 cm³/mol. The first kappa shape index (κ1) is 14.5. The fourth-order valence-electron chi connectivity index (χ4n) is 2.12. The van der Waals surface area contributed by atoms with Gasteiger partial charge in [0.15, 0.2) is 0 Å². The molecule has 0 aliphatic heterocycles. The molecule has 0 atom stereocenters. The van der Waals surface area contributed by atoms with Crippen LogP contribution in [0.2, 0.25) is 0 Å². The van der Waals surface area contributed by atoms with Crippen molar-refractivity contribution in [3.8, 4) is 11.4 Å². The molecule has 2 aromatic carbocycles. The highest BCUT2D eigenvalue weighted by Gasteiger charge is 2.12. The molecule has 0 saturated carbocycles. The number of benzene rings is 2. The SMILES string of the molecule is Cc1ccc(/C=C(\Cl)c2nc(-c3ccccc3C)no2)cc1.